The Morgan fingerprint density at radius 2 is 2.00 bits per heavy atom. The third-order valence-corrected chi connectivity index (χ3v) is 2.85. The molecule has 0 aliphatic rings. The number of carboxylic acids is 1. The normalized spacial score (nSPS) is 10.1. The summed E-state index contributed by atoms with van der Waals surface area (Å²) in [6.07, 6.45) is 0.859. The van der Waals surface area contributed by atoms with Gasteiger partial charge >= 0.3 is 11.7 Å². The molecule has 0 amide bonds. The molecule has 0 spiro atoms. The van der Waals surface area contributed by atoms with Crippen LogP contribution in [0.4, 0.5) is 5.69 Å². The first kappa shape index (κ1) is 13.9. The number of halogens is 1. The van der Waals surface area contributed by atoms with E-state index in [4.69, 9.17) is 9.84 Å². The summed E-state index contributed by atoms with van der Waals surface area (Å²) in [6, 6.07) is 7.78. The zero-order chi connectivity index (χ0) is 14.7. The van der Waals surface area contributed by atoms with E-state index in [1.165, 1.54) is 0 Å². The number of aromatic carboxylic acids is 1. The van der Waals surface area contributed by atoms with Gasteiger partial charge in [-0.3, -0.25) is 10.1 Å². The van der Waals surface area contributed by atoms with E-state index in [0.717, 1.165) is 16.7 Å². The molecule has 7 nitrogen and oxygen atoms in total. The van der Waals surface area contributed by atoms with Crippen molar-refractivity contribution in [2.75, 3.05) is 0 Å². The van der Waals surface area contributed by atoms with Crippen LogP contribution in [0.2, 0.25) is 0 Å². The molecule has 0 unspecified atom stereocenters. The number of nitro groups is 1. The van der Waals surface area contributed by atoms with Crippen molar-refractivity contribution in [3.8, 4) is 11.6 Å². The summed E-state index contributed by atoms with van der Waals surface area (Å²) in [5.41, 5.74) is -1.06. The van der Waals surface area contributed by atoms with E-state index in [1.54, 1.807) is 24.3 Å². The van der Waals surface area contributed by atoms with Crippen LogP contribution in [0, 0.1) is 10.1 Å². The molecule has 1 aromatic heterocycles. The number of pyridine rings is 1. The first-order chi connectivity index (χ1) is 9.47. The average Bonchev–Trinajstić information content (AvgIpc) is 2.41. The van der Waals surface area contributed by atoms with E-state index in [9.17, 15) is 14.9 Å². The van der Waals surface area contributed by atoms with Crippen LogP contribution in [-0.4, -0.2) is 21.0 Å². The van der Waals surface area contributed by atoms with Crippen molar-refractivity contribution in [1.82, 2.24) is 4.98 Å². The predicted octanol–water partition coefficient (Wildman–Crippen LogP) is 3.24. The molecular weight excluding hydrogens is 332 g/mol. The molecule has 0 fully saturated rings. The standard InChI is InChI=1S/C12H7BrN2O5/c13-7-1-3-8(4-2-7)20-11-5-9(12(16)17)10(6-14-11)15(18)19/h1-6H,(H,16,17). The van der Waals surface area contributed by atoms with Gasteiger partial charge in [-0.05, 0) is 24.3 Å². The first-order valence-corrected chi connectivity index (χ1v) is 6.08. The van der Waals surface area contributed by atoms with Crippen molar-refractivity contribution >= 4 is 27.6 Å². The van der Waals surface area contributed by atoms with Crippen molar-refractivity contribution < 1.29 is 19.6 Å². The fourth-order valence-corrected chi connectivity index (χ4v) is 1.69. The Kier molecular flexibility index (Phi) is 3.94. The van der Waals surface area contributed by atoms with E-state index >= 15 is 0 Å². The highest BCUT2D eigenvalue weighted by atomic mass is 79.9. The van der Waals surface area contributed by atoms with Gasteiger partial charge in [0.05, 0.1) is 4.92 Å². The molecule has 0 aliphatic carbocycles. The van der Waals surface area contributed by atoms with Crippen LogP contribution in [0.3, 0.4) is 0 Å². The number of aromatic nitrogens is 1. The zero-order valence-electron chi connectivity index (χ0n) is 9.82. The summed E-state index contributed by atoms with van der Waals surface area (Å²) in [6.45, 7) is 0. The van der Waals surface area contributed by atoms with Crippen molar-refractivity contribution in [2.24, 2.45) is 0 Å². The van der Waals surface area contributed by atoms with Gasteiger partial charge < -0.3 is 9.84 Å². The molecule has 0 saturated heterocycles. The summed E-state index contributed by atoms with van der Waals surface area (Å²) >= 11 is 3.26. The van der Waals surface area contributed by atoms with Crippen LogP contribution < -0.4 is 4.74 Å². The van der Waals surface area contributed by atoms with Gasteiger partial charge in [0.1, 0.15) is 17.5 Å². The molecule has 1 aromatic carbocycles. The maximum atomic E-state index is 11.0. The third-order valence-electron chi connectivity index (χ3n) is 2.32. The molecule has 1 heterocycles. The number of hydrogen-bond acceptors (Lipinski definition) is 5. The zero-order valence-corrected chi connectivity index (χ0v) is 11.4. The SMILES string of the molecule is O=C(O)c1cc(Oc2ccc(Br)cc2)ncc1[N+](=O)[O-]. The van der Waals surface area contributed by atoms with Crippen molar-refractivity contribution in [3.63, 3.8) is 0 Å². The van der Waals surface area contributed by atoms with Crippen molar-refractivity contribution in [2.45, 2.75) is 0 Å². The summed E-state index contributed by atoms with van der Waals surface area (Å²) < 4.78 is 6.20. The van der Waals surface area contributed by atoms with Crippen LogP contribution in [0.5, 0.6) is 11.6 Å². The maximum Gasteiger partial charge on any atom is 0.342 e. The molecule has 20 heavy (non-hydrogen) atoms. The van der Waals surface area contributed by atoms with Gasteiger partial charge in [-0.15, -0.1) is 0 Å². The Balaban J connectivity index is 2.34. The van der Waals surface area contributed by atoms with Crippen LogP contribution in [0.25, 0.3) is 0 Å². The summed E-state index contributed by atoms with van der Waals surface area (Å²) in [5.74, 6) is -1.01. The van der Waals surface area contributed by atoms with E-state index in [-0.39, 0.29) is 5.88 Å². The number of hydrogen-bond donors (Lipinski definition) is 1. The quantitative estimate of drug-likeness (QED) is 0.678. The lowest BCUT2D eigenvalue weighted by atomic mass is 10.2. The maximum absolute atomic E-state index is 11.0. The van der Waals surface area contributed by atoms with Crippen molar-refractivity contribution in [1.29, 1.82) is 0 Å². The van der Waals surface area contributed by atoms with Gasteiger partial charge in [0.25, 0.3) is 0 Å². The van der Waals surface area contributed by atoms with Crippen LogP contribution in [0.1, 0.15) is 10.4 Å². The lowest BCUT2D eigenvalue weighted by molar-refractivity contribution is -0.385. The monoisotopic (exact) mass is 338 g/mol. The summed E-state index contributed by atoms with van der Waals surface area (Å²) in [7, 11) is 0. The molecule has 0 bridgehead atoms. The number of carboxylic acid groups (broad SMARTS) is 1. The first-order valence-electron chi connectivity index (χ1n) is 5.28. The number of rotatable bonds is 4. The van der Waals surface area contributed by atoms with Gasteiger partial charge in [0.2, 0.25) is 5.88 Å². The Hall–Kier alpha value is -2.48. The van der Waals surface area contributed by atoms with E-state index in [2.05, 4.69) is 20.9 Å². The largest absolute Gasteiger partial charge is 0.477 e. The topological polar surface area (TPSA) is 103 Å². The van der Waals surface area contributed by atoms with Crippen LogP contribution in [-0.2, 0) is 0 Å². The van der Waals surface area contributed by atoms with E-state index in [1.807, 2.05) is 0 Å². The van der Waals surface area contributed by atoms with Gasteiger partial charge in [-0.2, -0.15) is 0 Å². The Labute approximate surface area is 121 Å². The third kappa shape index (κ3) is 3.09. The predicted molar refractivity (Wildman–Crippen MR) is 72.1 cm³/mol. The van der Waals surface area contributed by atoms with E-state index in [0.29, 0.717) is 5.75 Å². The summed E-state index contributed by atoms with van der Waals surface area (Å²) in [5, 5.41) is 19.6. The number of ether oxygens (including phenoxy) is 1. The van der Waals surface area contributed by atoms with Gasteiger partial charge in [0, 0.05) is 10.5 Å². The second-order valence-corrected chi connectivity index (χ2v) is 4.57. The number of benzene rings is 1. The minimum absolute atomic E-state index is 0.0321. The smallest absolute Gasteiger partial charge is 0.342 e. The Morgan fingerprint density at radius 3 is 2.55 bits per heavy atom. The average molecular weight is 339 g/mol. The Bertz CT molecular complexity index is 672. The molecule has 1 N–H and O–H groups in total. The molecule has 102 valence electrons. The lowest BCUT2D eigenvalue weighted by Gasteiger charge is -2.05. The molecule has 0 radical (unpaired) electrons. The molecule has 0 atom stereocenters. The molecule has 0 saturated carbocycles. The van der Waals surface area contributed by atoms with Crippen LogP contribution >= 0.6 is 15.9 Å². The molecule has 2 rings (SSSR count). The fraction of sp³-hybridized carbons (Fsp3) is 0. The number of carbonyl (C=O) groups is 1. The van der Waals surface area contributed by atoms with Gasteiger partial charge in [-0.25, -0.2) is 9.78 Å². The van der Waals surface area contributed by atoms with Gasteiger partial charge in [0.15, 0.2) is 0 Å². The fourth-order valence-electron chi connectivity index (χ4n) is 1.42. The highest BCUT2D eigenvalue weighted by Gasteiger charge is 2.21. The molecule has 2 aromatic rings. The lowest BCUT2D eigenvalue weighted by Crippen LogP contribution is -2.04. The van der Waals surface area contributed by atoms with Gasteiger partial charge in [-0.1, -0.05) is 15.9 Å². The van der Waals surface area contributed by atoms with Crippen molar-refractivity contribution in [3.05, 3.63) is 56.7 Å². The molecule has 0 aliphatic heterocycles. The highest BCUT2D eigenvalue weighted by Crippen LogP contribution is 2.26. The highest BCUT2D eigenvalue weighted by molar-refractivity contribution is 9.10. The van der Waals surface area contributed by atoms with E-state index < -0.39 is 22.1 Å². The Morgan fingerprint density at radius 1 is 1.35 bits per heavy atom. The summed E-state index contributed by atoms with van der Waals surface area (Å²) in [4.78, 5) is 24.6. The minimum Gasteiger partial charge on any atom is -0.477 e. The second kappa shape index (κ2) is 5.66. The minimum atomic E-state index is -1.42. The molecular formula is C12H7BrN2O5. The number of nitrogens with zero attached hydrogens (tertiary/aromatic N) is 2. The second-order valence-electron chi connectivity index (χ2n) is 3.66. The molecule has 8 heteroatoms. The van der Waals surface area contributed by atoms with Crippen LogP contribution in [0.15, 0.2) is 41.0 Å².